The number of hydrogen-bond acceptors (Lipinski definition) is 4. The van der Waals surface area contributed by atoms with Crippen LogP contribution in [0.2, 0.25) is 5.15 Å². The van der Waals surface area contributed by atoms with Crippen LogP contribution in [-0.2, 0) is 0 Å². The number of aromatic nitrogens is 2. The van der Waals surface area contributed by atoms with Crippen molar-refractivity contribution in [1.29, 1.82) is 0 Å². The van der Waals surface area contributed by atoms with Crippen molar-refractivity contribution in [2.75, 3.05) is 24.7 Å². The van der Waals surface area contributed by atoms with E-state index in [1.165, 1.54) is 0 Å². The van der Waals surface area contributed by atoms with Gasteiger partial charge in [0.25, 0.3) is 0 Å². The van der Waals surface area contributed by atoms with Gasteiger partial charge in [-0.3, -0.25) is 0 Å². The maximum absolute atomic E-state index is 5.99. The molecule has 2 aromatic rings. The van der Waals surface area contributed by atoms with Crippen LogP contribution in [0.15, 0.2) is 30.3 Å². The first kappa shape index (κ1) is 11.7. The highest BCUT2D eigenvalue weighted by atomic mass is 35.5. The average molecular weight is 249 g/mol. The second-order valence-corrected chi connectivity index (χ2v) is 4.27. The van der Waals surface area contributed by atoms with E-state index in [4.69, 9.17) is 17.3 Å². The molecule has 2 rings (SSSR count). The molecule has 1 heterocycles. The van der Waals surface area contributed by atoms with E-state index in [2.05, 4.69) is 10.2 Å². The Balaban J connectivity index is 2.43. The molecule has 1 aromatic carbocycles. The normalized spacial score (nSPS) is 10.3. The van der Waals surface area contributed by atoms with Gasteiger partial charge >= 0.3 is 0 Å². The van der Waals surface area contributed by atoms with Gasteiger partial charge in [-0.1, -0.05) is 23.7 Å². The first-order valence-corrected chi connectivity index (χ1v) is 5.52. The molecule has 0 amide bonds. The molecule has 0 unspecified atom stereocenters. The molecule has 0 aliphatic rings. The molecule has 0 bridgehead atoms. The zero-order chi connectivity index (χ0) is 12.4. The Labute approximate surface area is 105 Å². The predicted molar refractivity (Wildman–Crippen MR) is 71.2 cm³/mol. The van der Waals surface area contributed by atoms with E-state index in [1.54, 1.807) is 6.07 Å². The van der Waals surface area contributed by atoms with Crippen molar-refractivity contribution in [2.45, 2.75) is 0 Å². The van der Waals surface area contributed by atoms with Gasteiger partial charge in [-0.25, -0.2) is 0 Å². The van der Waals surface area contributed by atoms with E-state index < -0.39 is 0 Å². The maximum Gasteiger partial charge on any atom is 0.159 e. The molecular weight excluding hydrogens is 236 g/mol. The number of nitrogen functional groups attached to an aromatic ring is 1. The second kappa shape index (κ2) is 4.59. The second-order valence-electron chi connectivity index (χ2n) is 3.91. The van der Waals surface area contributed by atoms with Gasteiger partial charge in [-0.15, -0.1) is 10.2 Å². The van der Waals surface area contributed by atoms with Gasteiger partial charge in [0, 0.05) is 25.3 Å². The fourth-order valence-corrected chi connectivity index (χ4v) is 1.73. The third-order valence-electron chi connectivity index (χ3n) is 2.46. The molecule has 5 heteroatoms. The van der Waals surface area contributed by atoms with Gasteiger partial charge in [0.1, 0.15) is 5.82 Å². The van der Waals surface area contributed by atoms with E-state index in [0.29, 0.717) is 11.0 Å². The molecule has 0 aliphatic heterocycles. The molecule has 4 nitrogen and oxygen atoms in total. The molecule has 17 heavy (non-hydrogen) atoms. The first-order chi connectivity index (χ1) is 8.08. The lowest BCUT2D eigenvalue weighted by atomic mass is 10.1. The third-order valence-corrected chi connectivity index (χ3v) is 2.74. The number of halogens is 1. The molecule has 0 fully saturated rings. The number of nitrogens with two attached hydrogens (primary N) is 1. The van der Waals surface area contributed by atoms with Gasteiger partial charge < -0.3 is 10.6 Å². The summed E-state index contributed by atoms with van der Waals surface area (Å²) in [6, 6.07) is 9.72. The lowest BCUT2D eigenvalue weighted by Gasteiger charge is -2.13. The monoisotopic (exact) mass is 248 g/mol. The minimum Gasteiger partial charge on any atom is -0.382 e. The molecule has 0 saturated carbocycles. The van der Waals surface area contributed by atoms with Crippen LogP contribution in [0.25, 0.3) is 11.1 Å². The van der Waals surface area contributed by atoms with Gasteiger partial charge in [0.05, 0.1) is 0 Å². The quantitative estimate of drug-likeness (QED) is 0.887. The highest BCUT2D eigenvalue weighted by Crippen LogP contribution is 2.28. The molecule has 88 valence electrons. The van der Waals surface area contributed by atoms with Crippen molar-refractivity contribution >= 4 is 23.1 Å². The van der Waals surface area contributed by atoms with Crippen molar-refractivity contribution in [2.24, 2.45) is 0 Å². The van der Waals surface area contributed by atoms with Gasteiger partial charge in [0.2, 0.25) is 0 Å². The van der Waals surface area contributed by atoms with Crippen LogP contribution in [0.4, 0.5) is 11.5 Å². The van der Waals surface area contributed by atoms with Crippen LogP contribution in [0.5, 0.6) is 0 Å². The van der Waals surface area contributed by atoms with Crippen LogP contribution >= 0.6 is 11.6 Å². The van der Waals surface area contributed by atoms with Crippen LogP contribution in [-0.4, -0.2) is 24.3 Å². The van der Waals surface area contributed by atoms with Crippen molar-refractivity contribution in [3.63, 3.8) is 0 Å². The summed E-state index contributed by atoms with van der Waals surface area (Å²) in [6.45, 7) is 0. The fourth-order valence-electron chi connectivity index (χ4n) is 1.53. The molecule has 0 radical (unpaired) electrons. The zero-order valence-corrected chi connectivity index (χ0v) is 10.4. The summed E-state index contributed by atoms with van der Waals surface area (Å²) in [5.41, 5.74) is 8.50. The predicted octanol–water partition coefficient (Wildman–Crippen LogP) is 2.45. The average Bonchev–Trinajstić information content (AvgIpc) is 2.32. The number of benzene rings is 1. The summed E-state index contributed by atoms with van der Waals surface area (Å²) in [5.74, 6) is 0.362. The number of nitrogens with zero attached hydrogens (tertiary/aromatic N) is 3. The third kappa shape index (κ3) is 2.47. The Bertz CT molecular complexity index is 523. The van der Waals surface area contributed by atoms with Crippen LogP contribution < -0.4 is 10.6 Å². The first-order valence-electron chi connectivity index (χ1n) is 5.14. The summed E-state index contributed by atoms with van der Waals surface area (Å²) >= 11 is 5.99. The van der Waals surface area contributed by atoms with E-state index in [9.17, 15) is 0 Å². The standard InChI is InChI=1S/C12H13ClN4/c1-17(2)9-5-3-8(4-6-9)10-7-11(14)15-16-12(10)13/h3-7H,1-2H3,(H2,14,15). The molecule has 0 spiro atoms. The maximum atomic E-state index is 5.99. The van der Waals surface area contributed by atoms with Crippen LogP contribution in [0, 0.1) is 0 Å². The molecule has 1 aromatic heterocycles. The SMILES string of the molecule is CN(C)c1ccc(-c2cc(N)nnc2Cl)cc1. The lowest BCUT2D eigenvalue weighted by Crippen LogP contribution is -2.07. The highest BCUT2D eigenvalue weighted by Gasteiger charge is 2.06. The molecule has 2 N–H and O–H groups in total. The summed E-state index contributed by atoms with van der Waals surface area (Å²) in [7, 11) is 3.99. The van der Waals surface area contributed by atoms with E-state index >= 15 is 0 Å². The molecule has 0 aliphatic carbocycles. The topological polar surface area (TPSA) is 55.0 Å². The minimum atomic E-state index is 0.358. The minimum absolute atomic E-state index is 0.358. The largest absolute Gasteiger partial charge is 0.382 e. The van der Waals surface area contributed by atoms with E-state index in [-0.39, 0.29) is 0 Å². The number of hydrogen-bond donors (Lipinski definition) is 1. The zero-order valence-electron chi connectivity index (χ0n) is 9.68. The smallest absolute Gasteiger partial charge is 0.159 e. The van der Waals surface area contributed by atoms with Crippen LogP contribution in [0.3, 0.4) is 0 Å². The Hall–Kier alpha value is -1.81. The van der Waals surface area contributed by atoms with Crippen molar-refractivity contribution < 1.29 is 0 Å². The Kier molecular flexibility index (Phi) is 3.15. The Morgan fingerprint density at radius 2 is 1.76 bits per heavy atom. The Morgan fingerprint density at radius 3 is 2.35 bits per heavy atom. The summed E-state index contributed by atoms with van der Waals surface area (Å²) in [5, 5.41) is 7.85. The highest BCUT2D eigenvalue weighted by molar-refractivity contribution is 6.32. The van der Waals surface area contributed by atoms with Gasteiger partial charge in [-0.05, 0) is 23.8 Å². The van der Waals surface area contributed by atoms with Crippen molar-refractivity contribution in [3.8, 4) is 11.1 Å². The summed E-state index contributed by atoms with van der Waals surface area (Å²) in [4.78, 5) is 2.03. The van der Waals surface area contributed by atoms with Crippen LogP contribution in [0.1, 0.15) is 0 Å². The van der Waals surface area contributed by atoms with Crippen molar-refractivity contribution in [1.82, 2.24) is 10.2 Å². The molecule has 0 saturated heterocycles. The summed E-state index contributed by atoms with van der Waals surface area (Å²) < 4.78 is 0. The Morgan fingerprint density at radius 1 is 1.12 bits per heavy atom. The van der Waals surface area contributed by atoms with E-state index in [0.717, 1.165) is 16.8 Å². The number of anilines is 2. The summed E-state index contributed by atoms with van der Waals surface area (Å²) in [6.07, 6.45) is 0. The molecular formula is C12H13ClN4. The fraction of sp³-hybridized carbons (Fsp3) is 0.167. The van der Waals surface area contributed by atoms with Gasteiger partial charge in [-0.2, -0.15) is 0 Å². The lowest BCUT2D eigenvalue weighted by molar-refractivity contribution is 1.04. The van der Waals surface area contributed by atoms with Gasteiger partial charge in [0.15, 0.2) is 5.15 Å². The molecule has 0 atom stereocenters. The van der Waals surface area contributed by atoms with E-state index in [1.807, 2.05) is 43.3 Å². The van der Waals surface area contributed by atoms with Crippen molar-refractivity contribution in [3.05, 3.63) is 35.5 Å². The number of rotatable bonds is 2.